The van der Waals surface area contributed by atoms with Crippen LogP contribution in [-0.2, 0) is 6.42 Å². The van der Waals surface area contributed by atoms with E-state index in [0.717, 1.165) is 25.5 Å². The van der Waals surface area contributed by atoms with Crippen molar-refractivity contribution in [3.05, 3.63) is 35.4 Å². The van der Waals surface area contributed by atoms with Crippen molar-refractivity contribution in [1.82, 2.24) is 10.2 Å². The Labute approximate surface area is 115 Å². The Bertz CT molecular complexity index is 463. The lowest BCUT2D eigenvalue weighted by atomic mass is 9.98. The number of aryl methyl sites for hydroxylation is 1. The summed E-state index contributed by atoms with van der Waals surface area (Å²) in [4.78, 5) is 7.03. The van der Waals surface area contributed by atoms with Gasteiger partial charge in [-0.1, -0.05) is 37.6 Å². The lowest BCUT2D eigenvalue weighted by Gasteiger charge is -2.32. The third-order valence-electron chi connectivity index (χ3n) is 4.06. The smallest absolute Gasteiger partial charge is 0.194 e. The summed E-state index contributed by atoms with van der Waals surface area (Å²) in [6.07, 6.45) is 3.53. The fourth-order valence-electron chi connectivity index (χ4n) is 3.13. The van der Waals surface area contributed by atoms with Gasteiger partial charge in [0.05, 0.1) is 6.04 Å². The highest BCUT2D eigenvalue weighted by Gasteiger charge is 2.33. The number of fused-ring (bicyclic) bond motifs is 1. The molecule has 3 heteroatoms. The molecule has 2 atom stereocenters. The van der Waals surface area contributed by atoms with Crippen LogP contribution >= 0.6 is 0 Å². The van der Waals surface area contributed by atoms with Gasteiger partial charge in [0.2, 0.25) is 0 Å². The first kappa shape index (κ1) is 12.5. The van der Waals surface area contributed by atoms with Gasteiger partial charge in [0.1, 0.15) is 0 Å². The summed E-state index contributed by atoms with van der Waals surface area (Å²) in [6.45, 7) is 6.46. The highest BCUT2D eigenvalue weighted by Crippen LogP contribution is 2.30. The molecule has 2 aliphatic heterocycles. The summed E-state index contributed by atoms with van der Waals surface area (Å²) in [7, 11) is 0. The maximum atomic E-state index is 4.60. The maximum absolute atomic E-state index is 4.60. The maximum Gasteiger partial charge on any atom is 0.194 e. The molecule has 102 valence electrons. The molecule has 0 radical (unpaired) electrons. The van der Waals surface area contributed by atoms with E-state index in [1.165, 1.54) is 24.0 Å². The van der Waals surface area contributed by atoms with Crippen molar-refractivity contribution in [1.29, 1.82) is 0 Å². The van der Waals surface area contributed by atoms with Gasteiger partial charge in [-0.15, -0.1) is 0 Å². The van der Waals surface area contributed by atoms with Gasteiger partial charge in [-0.2, -0.15) is 0 Å². The minimum atomic E-state index is 0.501. The zero-order valence-corrected chi connectivity index (χ0v) is 11.9. The molecule has 2 heterocycles. The molecule has 1 aromatic carbocycles. The molecule has 3 nitrogen and oxygen atoms in total. The lowest BCUT2D eigenvalue weighted by molar-refractivity contribution is 0.305. The normalized spacial score (nSPS) is 25.8. The van der Waals surface area contributed by atoms with Gasteiger partial charge < -0.3 is 10.2 Å². The fourth-order valence-corrected chi connectivity index (χ4v) is 3.13. The van der Waals surface area contributed by atoms with Crippen molar-refractivity contribution in [2.24, 2.45) is 4.99 Å². The lowest BCUT2D eigenvalue weighted by Crippen LogP contribution is -2.37. The number of guanidine groups is 1. The molecule has 1 fully saturated rings. The average molecular weight is 257 g/mol. The van der Waals surface area contributed by atoms with Crippen molar-refractivity contribution >= 4 is 5.96 Å². The van der Waals surface area contributed by atoms with Crippen molar-refractivity contribution in [3.63, 3.8) is 0 Å². The van der Waals surface area contributed by atoms with E-state index in [-0.39, 0.29) is 0 Å². The largest absolute Gasteiger partial charge is 0.352 e. The van der Waals surface area contributed by atoms with Crippen molar-refractivity contribution in [2.75, 3.05) is 13.1 Å². The average Bonchev–Trinajstić information content (AvgIpc) is 2.80. The Balaban J connectivity index is 1.80. The Hall–Kier alpha value is -1.51. The molecule has 3 rings (SSSR count). The first-order valence-corrected chi connectivity index (χ1v) is 7.44. The van der Waals surface area contributed by atoms with Crippen LogP contribution in [0, 0.1) is 0 Å². The predicted octanol–water partition coefficient (Wildman–Crippen LogP) is 2.73. The number of benzene rings is 1. The van der Waals surface area contributed by atoms with Crippen LogP contribution in [0.5, 0.6) is 0 Å². The van der Waals surface area contributed by atoms with Gasteiger partial charge >= 0.3 is 0 Å². The van der Waals surface area contributed by atoms with Crippen molar-refractivity contribution in [2.45, 2.75) is 45.2 Å². The van der Waals surface area contributed by atoms with Crippen LogP contribution < -0.4 is 5.32 Å². The number of hydrogen-bond donors (Lipinski definition) is 1. The monoisotopic (exact) mass is 257 g/mol. The van der Waals surface area contributed by atoms with Crippen LogP contribution in [0.2, 0.25) is 0 Å². The van der Waals surface area contributed by atoms with Crippen LogP contribution in [0.25, 0.3) is 0 Å². The van der Waals surface area contributed by atoms with Gasteiger partial charge in [0.15, 0.2) is 5.96 Å². The SMILES string of the molecule is CCCc1ccc(C2CCN=C3NC(C)CN32)cc1. The van der Waals surface area contributed by atoms with Gasteiger partial charge in [-0.25, -0.2) is 0 Å². The van der Waals surface area contributed by atoms with Gasteiger partial charge in [0.25, 0.3) is 0 Å². The van der Waals surface area contributed by atoms with Crippen LogP contribution in [0.4, 0.5) is 0 Å². The number of nitrogens with zero attached hydrogens (tertiary/aromatic N) is 2. The van der Waals surface area contributed by atoms with Crippen molar-refractivity contribution < 1.29 is 0 Å². The highest BCUT2D eigenvalue weighted by molar-refractivity contribution is 5.83. The molecule has 0 aliphatic carbocycles. The first-order valence-electron chi connectivity index (χ1n) is 7.44. The minimum Gasteiger partial charge on any atom is -0.352 e. The summed E-state index contributed by atoms with van der Waals surface area (Å²) in [6, 6.07) is 10.2. The van der Waals surface area contributed by atoms with E-state index in [1.54, 1.807) is 0 Å². The second kappa shape index (κ2) is 5.24. The molecule has 2 unspecified atom stereocenters. The Morgan fingerprint density at radius 1 is 1.32 bits per heavy atom. The molecule has 2 aliphatic rings. The molecular formula is C16H23N3. The van der Waals surface area contributed by atoms with Gasteiger partial charge in [-0.3, -0.25) is 4.99 Å². The van der Waals surface area contributed by atoms with Gasteiger partial charge in [0, 0.05) is 19.1 Å². The molecule has 19 heavy (non-hydrogen) atoms. The topological polar surface area (TPSA) is 27.6 Å². The molecule has 0 amide bonds. The number of rotatable bonds is 3. The third-order valence-corrected chi connectivity index (χ3v) is 4.06. The zero-order chi connectivity index (χ0) is 13.2. The molecule has 1 N–H and O–H groups in total. The minimum absolute atomic E-state index is 0.501. The highest BCUT2D eigenvalue weighted by atomic mass is 15.4. The van der Waals surface area contributed by atoms with E-state index in [4.69, 9.17) is 0 Å². The zero-order valence-electron chi connectivity index (χ0n) is 11.9. The molecule has 0 aromatic heterocycles. The van der Waals surface area contributed by atoms with Crippen LogP contribution in [0.3, 0.4) is 0 Å². The van der Waals surface area contributed by atoms with Crippen LogP contribution in [0.15, 0.2) is 29.3 Å². The second-order valence-corrected chi connectivity index (χ2v) is 5.70. The van der Waals surface area contributed by atoms with E-state index in [0.29, 0.717) is 12.1 Å². The number of aliphatic imine (C=N–C) groups is 1. The molecule has 0 bridgehead atoms. The summed E-state index contributed by atoms with van der Waals surface area (Å²) in [5.41, 5.74) is 2.88. The summed E-state index contributed by atoms with van der Waals surface area (Å²) < 4.78 is 0. The molecule has 0 saturated carbocycles. The van der Waals surface area contributed by atoms with Crippen molar-refractivity contribution in [3.8, 4) is 0 Å². The number of nitrogens with one attached hydrogen (secondary N) is 1. The molecule has 1 saturated heterocycles. The standard InChI is InChI=1S/C16H23N3/c1-3-4-13-5-7-14(8-6-13)15-9-10-17-16-18-12(2)11-19(15)16/h5-8,12,15H,3-4,9-11H2,1-2H3,(H,17,18). The van der Waals surface area contributed by atoms with E-state index >= 15 is 0 Å². The van der Waals surface area contributed by atoms with E-state index < -0.39 is 0 Å². The van der Waals surface area contributed by atoms with Crippen LogP contribution in [-0.4, -0.2) is 30.0 Å². The van der Waals surface area contributed by atoms with Gasteiger partial charge in [-0.05, 0) is 30.9 Å². The first-order chi connectivity index (χ1) is 9.28. The van der Waals surface area contributed by atoms with Crippen LogP contribution in [0.1, 0.15) is 43.9 Å². The van der Waals surface area contributed by atoms with E-state index in [9.17, 15) is 0 Å². The predicted molar refractivity (Wildman–Crippen MR) is 79.4 cm³/mol. The summed E-state index contributed by atoms with van der Waals surface area (Å²) in [5.74, 6) is 1.10. The quantitative estimate of drug-likeness (QED) is 0.901. The summed E-state index contributed by atoms with van der Waals surface area (Å²) in [5, 5.41) is 3.46. The molecular weight excluding hydrogens is 234 g/mol. The second-order valence-electron chi connectivity index (χ2n) is 5.70. The Morgan fingerprint density at radius 2 is 2.11 bits per heavy atom. The number of hydrogen-bond acceptors (Lipinski definition) is 3. The molecule has 0 spiro atoms. The van der Waals surface area contributed by atoms with E-state index in [2.05, 4.69) is 53.3 Å². The fraction of sp³-hybridized carbons (Fsp3) is 0.562. The van der Waals surface area contributed by atoms with E-state index in [1.807, 2.05) is 0 Å². The Morgan fingerprint density at radius 3 is 2.84 bits per heavy atom. The summed E-state index contributed by atoms with van der Waals surface area (Å²) >= 11 is 0. The third kappa shape index (κ3) is 2.46. The molecule has 1 aromatic rings. The Kier molecular flexibility index (Phi) is 3.45.